The van der Waals surface area contributed by atoms with Gasteiger partial charge in [0.25, 0.3) is 5.56 Å². The summed E-state index contributed by atoms with van der Waals surface area (Å²) in [5.74, 6) is 0.755. The lowest BCUT2D eigenvalue weighted by atomic mass is 9.82. The van der Waals surface area contributed by atoms with Crippen LogP contribution in [0, 0.1) is 11.8 Å². The Bertz CT molecular complexity index is 1350. The van der Waals surface area contributed by atoms with E-state index in [0.717, 1.165) is 36.5 Å². The van der Waals surface area contributed by atoms with E-state index in [1.807, 2.05) is 4.90 Å². The van der Waals surface area contributed by atoms with Crippen molar-refractivity contribution in [3.63, 3.8) is 0 Å². The summed E-state index contributed by atoms with van der Waals surface area (Å²) in [5, 5.41) is 6.93. The highest BCUT2D eigenvalue weighted by molar-refractivity contribution is 5.80. The number of halogens is 3. The molecule has 3 fully saturated rings. The second-order valence-electron chi connectivity index (χ2n) is 11.5. The molecule has 0 unspecified atom stereocenters. The van der Waals surface area contributed by atoms with Crippen LogP contribution < -0.4 is 10.5 Å². The summed E-state index contributed by atoms with van der Waals surface area (Å²) >= 11 is 0. The van der Waals surface area contributed by atoms with Gasteiger partial charge in [0.2, 0.25) is 17.8 Å². The van der Waals surface area contributed by atoms with Crippen molar-refractivity contribution in [1.29, 1.82) is 0 Å². The average Bonchev–Trinajstić information content (AvgIpc) is 2.92. The van der Waals surface area contributed by atoms with Gasteiger partial charge in [0, 0.05) is 88.8 Å². The number of rotatable bonds is 6. The number of alkyl halides is 3. The third kappa shape index (κ3) is 5.79. The van der Waals surface area contributed by atoms with E-state index in [2.05, 4.69) is 25.1 Å². The highest BCUT2D eigenvalue weighted by atomic mass is 19.4. The van der Waals surface area contributed by atoms with Crippen molar-refractivity contribution in [3.05, 3.63) is 45.1 Å². The Labute approximate surface area is 234 Å². The van der Waals surface area contributed by atoms with Crippen LogP contribution in [-0.2, 0) is 35.3 Å². The second-order valence-corrected chi connectivity index (χ2v) is 11.5. The predicted molar refractivity (Wildman–Crippen MR) is 141 cm³/mol. The van der Waals surface area contributed by atoms with Crippen LogP contribution in [0.4, 0.5) is 19.1 Å². The molecule has 2 saturated heterocycles. The normalized spacial score (nSPS) is 20.4. The zero-order valence-electron chi connectivity index (χ0n) is 22.7. The molecule has 2 amide bonds. The summed E-state index contributed by atoms with van der Waals surface area (Å²) in [4.78, 5) is 53.6. The van der Waals surface area contributed by atoms with Gasteiger partial charge in [0.15, 0.2) is 0 Å². The Morgan fingerprint density at radius 1 is 0.976 bits per heavy atom. The van der Waals surface area contributed by atoms with Crippen LogP contribution in [0.15, 0.2) is 17.2 Å². The number of hydrogen-bond donors (Lipinski definition) is 1. The average molecular weight is 575 g/mol. The van der Waals surface area contributed by atoms with Crippen molar-refractivity contribution in [3.8, 4) is 0 Å². The van der Waals surface area contributed by atoms with Crippen LogP contribution >= 0.6 is 0 Å². The first-order valence-electron chi connectivity index (χ1n) is 14.2. The topological polar surface area (TPSA) is 119 Å². The van der Waals surface area contributed by atoms with Crippen LogP contribution in [0.5, 0.6) is 0 Å². The molecule has 220 valence electrons. The van der Waals surface area contributed by atoms with Gasteiger partial charge in [-0.15, -0.1) is 0 Å². The molecular formula is C27H33F3N8O3. The largest absolute Gasteiger partial charge is 0.419 e. The zero-order valence-corrected chi connectivity index (χ0v) is 22.7. The SMILES string of the molecule is O=C(CC1CCC1)N1CCc2c(c(CN3CC(C(=O)N4CCN(c5ncc(C(F)(F)F)cn5)CC4)C3)n[nH]c2=O)C1. The number of carbonyl (C=O) groups is 2. The Hall–Kier alpha value is -3.55. The lowest BCUT2D eigenvalue weighted by Gasteiger charge is -2.43. The quantitative estimate of drug-likeness (QED) is 0.551. The maximum absolute atomic E-state index is 13.1. The molecule has 0 bridgehead atoms. The van der Waals surface area contributed by atoms with E-state index in [-0.39, 0.29) is 29.2 Å². The molecule has 4 aliphatic rings. The molecule has 0 spiro atoms. The van der Waals surface area contributed by atoms with E-state index in [1.165, 1.54) is 6.42 Å². The first kappa shape index (κ1) is 27.6. The molecule has 1 saturated carbocycles. The number of nitrogens with one attached hydrogen (secondary N) is 1. The Morgan fingerprint density at radius 3 is 2.32 bits per heavy atom. The van der Waals surface area contributed by atoms with Crippen LogP contribution in [-0.4, -0.2) is 92.5 Å². The molecule has 1 aliphatic carbocycles. The molecule has 3 aliphatic heterocycles. The molecule has 2 aromatic heterocycles. The number of piperazine rings is 1. The molecule has 0 aromatic carbocycles. The lowest BCUT2D eigenvalue weighted by Crippen LogP contribution is -2.57. The third-order valence-electron chi connectivity index (χ3n) is 8.82. The van der Waals surface area contributed by atoms with Crippen molar-refractivity contribution >= 4 is 17.8 Å². The van der Waals surface area contributed by atoms with Gasteiger partial charge in [0.05, 0.1) is 17.2 Å². The maximum Gasteiger partial charge on any atom is 0.419 e. The monoisotopic (exact) mass is 574 g/mol. The van der Waals surface area contributed by atoms with Gasteiger partial charge in [0.1, 0.15) is 0 Å². The van der Waals surface area contributed by atoms with E-state index in [4.69, 9.17) is 0 Å². The van der Waals surface area contributed by atoms with E-state index >= 15 is 0 Å². The highest BCUT2D eigenvalue weighted by Gasteiger charge is 2.38. The summed E-state index contributed by atoms with van der Waals surface area (Å²) < 4.78 is 38.3. The fraction of sp³-hybridized carbons (Fsp3) is 0.630. The number of anilines is 1. The second kappa shape index (κ2) is 11.0. The Balaban J connectivity index is 1.00. The summed E-state index contributed by atoms with van der Waals surface area (Å²) in [7, 11) is 0. The Kier molecular flexibility index (Phi) is 7.43. The summed E-state index contributed by atoms with van der Waals surface area (Å²) in [6, 6.07) is 0. The van der Waals surface area contributed by atoms with Crippen LogP contribution in [0.3, 0.4) is 0 Å². The number of fused-ring (bicyclic) bond motifs is 1. The Morgan fingerprint density at radius 2 is 1.68 bits per heavy atom. The van der Waals surface area contributed by atoms with Gasteiger partial charge in [-0.1, -0.05) is 6.42 Å². The van der Waals surface area contributed by atoms with Gasteiger partial charge >= 0.3 is 6.18 Å². The number of aromatic nitrogens is 4. The van der Waals surface area contributed by atoms with E-state index in [0.29, 0.717) is 83.2 Å². The standard InChI is InChI=1S/C27H33F3N8O3/c28-27(29,30)19-11-31-26(32-12-19)37-8-6-36(7-9-37)25(41)18-13-35(14-18)16-22-21-15-38(23(39)10-17-2-1-3-17)5-4-20(21)24(40)34-33-22/h11-12,17-18H,1-10,13-16H2,(H,34,40). The summed E-state index contributed by atoms with van der Waals surface area (Å²) in [5.41, 5.74) is 1.19. The molecule has 2 aromatic rings. The molecule has 1 N–H and O–H groups in total. The zero-order chi connectivity index (χ0) is 28.7. The third-order valence-corrected chi connectivity index (χ3v) is 8.82. The molecule has 0 atom stereocenters. The van der Waals surface area contributed by atoms with Crippen LogP contribution in [0.1, 0.15) is 48.1 Å². The maximum atomic E-state index is 13.1. The van der Waals surface area contributed by atoms with Gasteiger partial charge in [-0.05, 0) is 25.2 Å². The lowest BCUT2D eigenvalue weighted by molar-refractivity contribution is -0.142. The van der Waals surface area contributed by atoms with Gasteiger partial charge < -0.3 is 14.7 Å². The molecule has 5 heterocycles. The van der Waals surface area contributed by atoms with Crippen molar-refractivity contribution in [2.75, 3.05) is 50.7 Å². The minimum atomic E-state index is -4.48. The van der Waals surface area contributed by atoms with Gasteiger partial charge in [-0.3, -0.25) is 19.3 Å². The molecule has 11 nitrogen and oxygen atoms in total. The van der Waals surface area contributed by atoms with Crippen molar-refractivity contribution in [1.82, 2.24) is 34.9 Å². The smallest absolute Gasteiger partial charge is 0.339 e. The predicted octanol–water partition coefficient (Wildman–Crippen LogP) is 1.43. The first-order chi connectivity index (χ1) is 19.7. The van der Waals surface area contributed by atoms with E-state index in [9.17, 15) is 27.6 Å². The first-order valence-corrected chi connectivity index (χ1v) is 14.2. The molecule has 0 radical (unpaired) electrons. The summed E-state index contributed by atoms with van der Waals surface area (Å²) in [6.45, 7) is 4.35. The number of aromatic amines is 1. The molecule has 41 heavy (non-hydrogen) atoms. The minimum absolute atomic E-state index is 0.0541. The van der Waals surface area contributed by atoms with Crippen molar-refractivity contribution < 1.29 is 22.8 Å². The van der Waals surface area contributed by atoms with Gasteiger partial charge in [-0.25, -0.2) is 15.1 Å². The number of hydrogen-bond acceptors (Lipinski definition) is 8. The highest BCUT2D eigenvalue weighted by Crippen LogP contribution is 2.31. The molecular weight excluding hydrogens is 541 g/mol. The van der Waals surface area contributed by atoms with E-state index < -0.39 is 11.7 Å². The minimum Gasteiger partial charge on any atom is -0.339 e. The number of amides is 2. The van der Waals surface area contributed by atoms with E-state index in [1.54, 1.807) is 9.80 Å². The van der Waals surface area contributed by atoms with Crippen LogP contribution in [0.25, 0.3) is 0 Å². The number of carbonyl (C=O) groups excluding carboxylic acids is 2. The number of H-pyrrole nitrogens is 1. The van der Waals surface area contributed by atoms with Crippen LogP contribution in [0.2, 0.25) is 0 Å². The van der Waals surface area contributed by atoms with Crippen molar-refractivity contribution in [2.45, 2.75) is 51.4 Å². The summed E-state index contributed by atoms with van der Waals surface area (Å²) in [6.07, 6.45) is 1.58. The van der Waals surface area contributed by atoms with Crippen molar-refractivity contribution in [2.24, 2.45) is 11.8 Å². The fourth-order valence-electron chi connectivity index (χ4n) is 6.03. The number of nitrogens with zero attached hydrogens (tertiary/aromatic N) is 7. The fourth-order valence-corrected chi connectivity index (χ4v) is 6.03. The number of likely N-dealkylation sites (tertiary alicyclic amines) is 1. The van der Waals surface area contributed by atoms with Gasteiger partial charge in [-0.2, -0.15) is 18.3 Å². The molecule has 6 rings (SSSR count). The molecule has 14 heteroatoms.